The number of carbonyl (C=O) groups excluding carboxylic acids is 1. The third-order valence-electron chi connectivity index (χ3n) is 5.88. The number of hydrazone groups is 1. The number of anilines is 2. The van der Waals surface area contributed by atoms with Crippen molar-refractivity contribution in [2.24, 2.45) is 5.10 Å². The van der Waals surface area contributed by atoms with Gasteiger partial charge in [-0.3, -0.25) is 4.79 Å². The molecule has 8 nitrogen and oxygen atoms in total. The molecule has 3 aromatic rings. The number of fused-ring (bicyclic) bond motifs is 1. The lowest BCUT2D eigenvalue weighted by atomic mass is 9.97. The van der Waals surface area contributed by atoms with E-state index in [9.17, 15) is 9.59 Å². The maximum atomic E-state index is 13.1. The Labute approximate surface area is 192 Å². The minimum atomic E-state index is -0.541. The van der Waals surface area contributed by atoms with Crippen molar-refractivity contribution in [3.63, 3.8) is 0 Å². The van der Waals surface area contributed by atoms with Crippen molar-refractivity contribution in [2.45, 2.75) is 19.4 Å². The first-order valence-electron chi connectivity index (χ1n) is 10.7. The zero-order valence-electron chi connectivity index (χ0n) is 19.7. The van der Waals surface area contributed by atoms with Crippen LogP contribution in [0.2, 0.25) is 0 Å². The maximum Gasteiger partial charge on any atom is 0.349 e. The van der Waals surface area contributed by atoms with Gasteiger partial charge in [-0.15, -0.1) is 0 Å². The van der Waals surface area contributed by atoms with Crippen molar-refractivity contribution < 1.29 is 13.9 Å². The van der Waals surface area contributed by atoms with E-state index in [1.807, 2.05) is 74.4 Å². The number of carbonyl (C=O) groups is 1. The van der Waals surface area contributed by atoms with E-state index in [2.05, 4.69) is 5.10 Å². The molecule has 0 spiro atoms. The normalized spacial score (nSPS) is 15.5. The van der Waals surface area contributed by atoms with Gasteiger partial charge in [-0.25, -0.2) is 9.80 Å². The molecule has 172 valence electrons. The molecule has 1 amide bonds. The van der Waals surface area contributed by atoms with E-state index in [-0.39, 0.29) is 17.5 Å². The molecule has 8 heteroatoms. The zero-order valence-corrected chi connectivity index (χ0v) is 19.7. The van der Waals surface area contributed by atoms with Gasteiger partial charge >= 0.3 is 5.63 Å². The molecule has 1 aliphatic rings. The Morgan fingerprint density at radius 2 is 1.70 bits per heavy atom. The van der Waals surface area contributed by atoms with Crippen LogP contribution in [0.25, 0.3) is 11.0 Å². The van der Waals surface area contributed by atoms with E-state index >= 15 is 0 Å². The maximum absolute atomic E-state index is 13.1. The molecule has 0 saturated carbocycles. The molecular weight excluding hydrogens is 420 g/mol. The Bertz CT molecular complexity index is 1290. The highest BCUT2D eigenvalue weighted by molar-refractivity contribution is 6.08. The number of ether oxygens (including phenoxy) is 1. The Balaban J connectivity index is 1.79. The van der Waals surface area contributed by atoms with Crippen molar-refractivity contribution >= 4 is 34.0 Å². The Morgan fingerprint density at radius 1 is 1.06 bits per heavy atom. The van der Waals surface area contributed by atoms with E-state index in [4.69, 9.17) is 9.15 Å². The predicted octanol–water partition coefficient (Wildman–Crippen LogP) is 3.63. The van der Waals surface area contributed by atoms with Gasteiger partial charge in [0.1, 0.15) is 16.9 Å². The molecule has 0 aliphatic carbocycles. The van der Waals surface area contributed by atoms with Crippen LogP contribution in [-0.4, -0.2) is 51.9 Å². The molecule has 0 radical (unpaired) electrons. The van der Waals surface area contributed by atoms with Crippen molar-refractivity contribution in [3.05, 3.63) is 64.0 Å². The van der Waals surface area contributed by atoms with E-state index in [0.717, 1.165) is 16.9 Å². The largest absolute Gasteiger partial charge is 0.495 e. The minimum absolute atomic E-state index is 0.202. The molecule has 2 heterocycles. The van der Waals surface area contributed by atoms with Crippen LogP contribution in [0.5, 0.6) is 5.75 Å². The smallest absolute Gasteiger partial charge is 0.349 e. The summed E-state index contributed by atoms with van der Waals surface area (Å²) in [5.74, 6) is 0.198. The van der Waals surface area contributed by atoms with Gasteiger partial charge in [-0.1, -0.05) is 12.1 Å². The molecule has 1 aliphatic heterocycles. The predicted molar refractivity (Wildman–Crippen MR) is 131 cm³/mol. The Hall–Kier alpha value is -3.81. The highest BCUT2D eigenvalue weighted by Gasteiger charge is 2.34. The average Bonchev–Trinajstić information content (AvgIpc) is 3.23. The molecule has 1 aromatic heterocycles. The first-order chi connectivity index (χ1) is 15.7. The monoisotopic (exact) mass is 448 g/mol. The van der Waals surface area contributed by atoms with Crippen molar-refractivity contribution in [2.75, 3.05) is 45.1 Å². The second kappa shape index (κ2) is 8.61. The van der Waals surface area contributed by atoms with Crippen LogP contribution >= 0.6 is 0 Å². The van der Waals surface area contributed by atoms with Gasteiger partial charge in [-0.05, 0) is 29.8 Å². The van der Waals surface area contributed by atoms with Gasteiger partial charge in [0.25, 0.3) is 0 Å². The van der Waals surface area contributed by atoms with E-state index < -0.39 is 5.63 Å². The SMILES string of the molecule is COc1c(C2=NN(C(C)=O)C(c3ccc(N(C)C)cc3)C2)c(=O)oc2cc(N(C)C)ccc12. The van der Waals surface area contributed by atoms with Crippen LogP contribution in [0, 0.1) is 0 Å². The summed E-state index contributed by atoms with van der Waals surface area (Å²) in [6, 6.07) is 13.3. The number of rotatable bonds is 5. The highest BCUT2D eigenvalue weighted by atomic mass is 16.5. The fraction of sp³-hybridized carbons (Fsp3) is 0.320. The number of amides is 1. The lowest BCUT2D eigenvalue weighted by Crippen LogP contribution is -2.24. The fourth-order valence-corrected chi connectivity index (χ4v) is 4.11. The first-order valence-corrected chi connectivity index (χ1v) is 10.7. The third kappa shape index (κ3) is 4.04. The topological polar surface area (TPSA) is 78.6 Å². The first kappa shape index (κ1) is 22.4. The summed E-state index contributed by atoms with van der Waals surface area (Å²) in [6.45, 7) is 1.47. The van der Waals surface area contributed by atoms with Gasteiger partial charge in [0.05, 0.1) is 24.2 Å². The van der Waals surface area contributed by atoms with Crippen LogP contribution in [-0.2, 0) is 4.79 Å². The lowest BCUT2D eigenvalue weighted by molar-refractivity contribution is -0.130. The summed E-state index contributed by atoms with van der Waals surface area (Å²) in [6.07, 6.45) is 0.378. The standard InChI is InChI=1S/C25H28N4O4/c1-15(30)29-21(16-7-9-17(10-8-16)27(2)3)14-20(26-29)23-24(32-6)19-12-11-18(28(4)5)13-22(19)33-25(23)31/h7-13,21H,14H2,1-6H3. The summed E-state index contributed by atoms with van der Waals surface area (Å²) >= 11 is 0. The zero-order chi connectivity index (χ0) is 23.9. The summed E-state index contributed by atoms with van der Waals surface area (Å²) in [5, 5.41) is 6.64. The van der Waals surface area contributed by atoms with Crippen molar-refractivity contribution in [1.29, 1.82) is 0 Å². The Kier molecular flexibility index (Phi) is 5.84. The van der Waals surface area contributed by atoms with Gasteiger partial charge in [0, 0.05) is 59.0 Å². The molecule has 2 aromatic carbocycles. The summed E-state index contributed by atoms with van der Waals surface area (Å²) in [7, 11) is 9.30. The average molecular weight is 449 g/mol. The number of hydrogen-bond acceptors (Lipinski definition) is 7. The van der Waals surface area contributed by atoms with Gasteiger partial charge in [-0.2, -0.15) is 5.10 Å². The molecule has 0 N–H and O–H groups in total. The van der Waals surface area contributed by atoms with Gasteiger partial charge in [0.2, 0.25) is 5.91 Å². The molecule has 4 rings (SSSR count). The lowest BCUT2D eigenvalue weighted by Gasteiger charge is -2.21. The third-order valence-corrected chi connectivity index (χ3v) is 5.88. The number of methoxy groups -OCH3 is 1. The quantitative estimate of drug-likeness (QED) is 0.555. The van der Waals surface area contributed by atoms with Gasteiger partial charge in [0.15, 0.2) is 0 Å². The molecule has 33 heavy (non-hydrogen) atoms. The van der Waals surface area contributed by atoms with E-state index in [0.29, 0.717) is 28.9 Å². The molecule has 1 unspecified atom stereocenters. The minimum Gasteiger partial charge on any atom is -0.495 e. The number of hydrogen-bond donors (Lipinski definition) is 0. The summed E-state index contributed by atoms with van der Waals surface area (Å²) < 4.78 is 11.3. The molecule has 1 atom stereocenters. The summed E-state index contributed by atoms with van der Waals surface area (Å²) in [4.78, 5) is 29.4. The molecule has 0 saturated heterocycles. The second-order valence-electron chi connectivity index (χ2n) is 8.49. The fourth-order valence-electron chi connectivity index (χ4n) is 4.11. The Morgan fingerprint density at radius 3 is 2.27 bits per heavy atom. The van der Waals surface area contributed by atoms with E-state index in [1.54, 1.807) is 6.07 Å². The molecule has 0 bridgehead atoms. The van der Waals surface area contributed by atoms with E-state index in [1.165, 1.54) is 19.0 Å². The van der Waals surface area contributed by atoms with Crippen molar-refractivity contribution in [1.82, 2.24) is 5.01 Å². The van der Waals surface area contributed by atoms with Crippen LogP contribution in [0.1, 0.15) is 30.5 Å². The number of benzene rings is 2. The summed E-state index contributed by atoms with van der Waals surface area (Å²) in [5.41, 5.74) is 3.52. The van der Waals surface area contributed by atoms with Crippen LogP contribution in [0.15, 0.2) is 56.8 Å². The van der Waals surface area contributed by atoms with Crippen molar-refractivity contribution in [3.8, 4) is 5.75 Å². The second-order valence-corrected chi connectivity index (χ2v) is 8.49. The molecular formula is C25H28N4O4. The van der Waals surface area contributed by atoms with Gasteiger partial charge < -0.3 is 19.0 Å². The van der Waals surface area contributed by atoms with Crippen LogP contribution in [0.3, 0.4) is 0 Å². The van der Waals surface area contributed by atoms with Crippen LogP contribution in [0.4, 0.5) is 11.4 Å². The van der Waals surface area contributed by atoms with Crippen LogP contribution < -0.4 is 20.2 Å². The highest BCUT2D eigenvalue weighted by Crippen LogP contribution is 2.37. The number of nitrogens with zero attached hydrogens (tertiary/aromatic N) is 4. The molecule has 0 fully saturated rings.